The Bertz CT molecular complexity index is 1130. The minimum atomic E-state index is -0.0616. The first-order valence-corrected chi connectivity index (χ1v) is 13.5. The highest BCUT2D eigenvalue weighted by Gasteiger charge is 2.19. The van der Waals surface area contributed by atoms with E-state index in [1.807, 2.05) is 32.3 Å². The summed E-state index contributed by atoms with van der Waals surface area (Å²) in [5.74, 6) is 1.56. The third kappa shape index (κ3) is 6.67. The first-order chi connectivity index (χ1) is 16.8. The molecule has 9 heteroatoms. The molecule has 1 saturated heterocycles. The molecule has 2 aromatic heterocycles. The number of rotatable bonds is 10. The van der Waals surface area contributed by atoms with Crippen LogP contribution in [0.5, 0.6) is 5.75 Å². The van der Waals surface area contributed by atoms with E-state index >= 15 is 0 Å². The fourth-order valence-electron chi connectivity index (χ4n) is 4.31. The molecule has 0 spiro atoms. The molecule has 188 valence electrons. The molecule has 0 unspecified atom stereocenters. The van der Waals surface area contributed by atoms with Crippen LogP contribution in [0.15, 0.2) is 39.2 Å². The number of aryl methyl sites for hydroxylation is 2. The highest BCUT2D eigenvalue weighted by molar-refractivity contribution is 7.97. The maximum absolute atomic E-state index is 13.0. The van der Waals surface area contributed by atoms with Gasteiger partial charge in [-0.1, -0.05) is 0 Å². The van der Waals surface area contributed by atoms with Gasteiger partial charge in [-0.15, -0.1) is 11.3 Å². The number of benzene rings is 1. The van der Waals surface area contributed by atoms with E-state index < -0.39 is 0 Å². The van der Waals surface area contributed by atoms with Gasteiger partial charge in [0.25, 0.3) is 5.91 Å². The average molecular weight is 515 g/mol. The van der Waals surface area contributed by atoms with E-state index in [0.717, 1.165) is 41.8 Å². The van der Waals surface area contributed by atoms with E-state index in [1.165, 1.54) is 28.9 Å². The molecule has 1 fully saturated rings. The van der Waals surface area contributed by atoms with Crippen molar-refractivity contribution in [3.8, 4) is 5.75 Å². The topological polar surface area (TPSA) is 62.1 Å². The Morgan fingerprint density at radius 2 is 1.89 bits per heavy atom. The standard InChI is InChI=1S/C26H34N4O3S2/c1-18-10-22(32-5)11-19(2)25(18)35-29(4)14-23-12-20(16-33-23)26(31)28(3)15-24-27-21(17-34-24)13-30-8-6-7-9-30/h10-12,16-17H,6-9,13-15H2,1-5H3. The van der Waals surface area contributed by atoms with E-state index in [-0.39, 0.29) is 5.91 Å². The van der Waals surface area contributed by atoms with Crippen molar-refractivity contribution < 1.29 is 13.9 Å². The number of hydrogen-bond acceptors (Lipinski definition) is 8. The van der Waals surface area contributed by atoms with Crippen molar-refractivity contribution in [2.24, 2.45) is 0 Å². The van der Waals surface area contributed by atoms with Gasteiger partial charge in [0.2, 0.25) is 0 Å². The minimum absolute atomic E-state index is 0.0616. The van der Waals surface area contributed by atoms with Gasteiger partial charge in [-0.2, -0.15) is 0 Å². The molecule has 1 aliphatic heterocycles. The Morgan fingerprint density at radius 1 is 1.17 bits per heavy atom. The number of ether oxygens (including phenoxy) is 1. The number of hydrogen-bond donors (Lipinski definition) is 0. The van der Waals surface area contributed by atoms with Crippen LogP contribution in [0.25, 0.3) is 0 Å². The van der Waals surface area contributed by atoms with Crippen LogP contribution < -0.4 is 4.74 Å². The lowest BCUT2D eigenvalue weighted by Crippen LogP contribution is -2.25. The van der Waals surface area contributed by atoms with Crippen LogP contribution in [0.3, 0.4) is 0 Å². The summed E-state index contributed by atoms with van der Waals surface area (Å²) in [6.45, 7) is 8.46. The van der Waals surface area contributed by atoms with Gasteiger partial charge in [0.1, 0.15) is 22.8 Å². The molecular weight excluding hydrogens is 480 g/mol. The third-order valence-corrected chi connectivity index (χ3v) is 8.25. The molecule has 1 aliphatic rings. The van der Waals surface area contributed by atoms with Crippen molar-refractivity contribution in [3.05, 3.63) is 63.0 Å². The normalized spacial score (nSPS) is 14.1. The van der Waals surface area contributed by atoms with Crippen LogP contribution in [-0.2, 0) is 19.6 Å². The van der Waals surface area contributed by atoms with Crippen LogP contribution in [0.2, 0.25) is 0 Å². The molecule has 4 rings (SSSR count). The van der Waals surface area contributed by atoms with Crippen LogP contribution >= 0.6 is 23.3 Å². The maximum atomic E-state index is 13.0. The summed E-state index contributed by atoms with van der Waals surface area (Å²) in [5, 5.41) is 3.07. The first kappa shape index (κ1) is 25.8. The van der Waals surface area contributed by atoms with Crippen molar-refractivity contribution in [1.82, 2.24) is 19.1 Å². The van der Waals surface area contributed by atoms with Gasteiger partial charge in [-0.3, -0.25) is 9.69 Å². The van der Waals surface area contributed by atoms with Gasteiger partial charge < -0.3 is 14.1 Å². The van der Waals surface area contributed by atoms with Crippen LogP contribution in [0.4, 0.5) is 0 Å². The van der Waals surface area contributed by atoms with Crippen molar-refractivity contribution in [2.75, 3.05) is 34.3 Å². The fraction of sp³-hybridized carbons (Fsp3) is 0.462. The lowest BCUT2D eigenvalue weighted by Gasteiger charge is -2.18. The van der Waals surface area contributed by atoms with Gasteiger partial charge in [-0.25, -0.2) is 9.29 Å². The molecule has 0 radical (unpaired) electrons. The number of methoxy groups -OCH3 is 1. The third-order valence-electron chi connectivity index (χ3n) is 6.10. The lowest BCUT2D eigenvalue weighted by molar-refractivity contribution is 0.0784. The molecule has 1 amide bonds. The SMILES string of the molecule is COc1cc(C)c(SN(C)Cc2cc(C(=O)N(C)Cc3nc(CN4CCCC4)cs3)co2)c(C)c1. The summed E-state index contributed by atoms with van der Waals surface area (Å²) < 4.78 is 13.2. The number of nitrogens with zero attached hydrogens (tertiary/aromatic N) is 4. The van der Waals surface area contributed by atoms with E-state index in [4.69, 9.17) is 14.1 Å². The summed E-state index contributed by atoms with van der Waals surface area (Å²) in [6, 6.07) is 5.92. The number of carbonyl (C=O) groups excluding carboxylic acids is 1. The van der Waals surface area contributed by atoms with E-state index in [0.29, 0.717) is 18.7 Å². The zero-order chi connectivity index (χ0) is 24.9. The number of amides is 1. The Hall–Kier alpha value is -2.33. The molecule has 0 aliphatic carbocycles. The van der Waals surface area contributed by atoms with E-state index in [9.17, 15) is 4.79 Å². The summed E-state index contributed by atoms with van der Waals surface area (Å²) in [7, 11) is 5.52. The Labute approximate surface area is 216 Å². The summed E-state index contributed by atoms with van der Waals surface area (Å²) in [6.07, 6.45) is 4.10. The molecule has 7 nitrogen and oxygen atoms in total. The molecule has 0 atom stereocenters. The predicted octanol–water partition coefficient (Wildman–Crippen LogP) is 5.37. The highest BCUT2D eigenvalue weighted by Crippen LogP contribution is 2.32. The van der Waals surface area contributed by atoms with Crippen molar-refractivity contribution in [3.63, 3.8) is 0 Å². The molecule has 0 saturated carbocycles. The minimum Gasteiger partial charge on any atom is -0.497 e. The first-order valence-electron chi connectivity index (χ1n) is 11.8. The number of carbonyl (C=O) groups is 1. The lowest BCUT2D eigenvalue weighted by atomic mass is 10.1. The fourth-order valence-corrected chi connectivity index (χ4v) is 6.06. The van der Waals surface area contributed by atoms with Crippen molar-refractivity contribution in [2.45, 2.75) is 51.2 Å². The molecule has 3 heterocycles. The van der Waals surface area contributed by atoms with Crippen LogP contribution in [0.1, 0.15) is 50.8 Å². The second-order valence-electron chi connectivity index (χ2n) is 9.15. The second kappa shape index (κ2) is 11.6. The quantitative estimate of drug-likeness (QED) is 0.337. The highest BCUT2D eigenvalue weighted by atomic mass is 32.2. The molecule has 0 bridgehead atoms. The van der Waals surface area contributed by atoms with E-state index in [2.05, 4.69) is 28.4 Å². The molecular formula is C26H34N4O3S2. The maximum Gasteiger partial charge on any atom is 0.257 e. The van der Waals surface area contributed by atoms with Crippen molar-refractivity contribution >= 4 is 29.2 Å². The number of likely N-dealkylation sites (tertiary alicyclic amines) is 1. The molecule has 35 heavy (non-hydrogen) atoms. The Morgan fingerprint density at radius 3 is 2.57 bits per heavy atom. The largest absolute Gasteiger partial charge is 0.497 e. The number of thiazole rings is 1. The van der Waals surface area contributed by atoms with E-state index in [1.54, 1.807) is 41.6 Å². The van der Waals surface area contributed by atoms with Gasteiger partial charge in [0.05, 0.1) is 31.5 Å². The van der Waals surface area contributed by atoms with Crippen LogP contribution in [0, 0.1) is 13.8 Å². The van der Waals surface area contributed by atoms with Gasteiger partial charge in [0.15, 0.2) is 0 Å². The summed E-state index contributed by atoms with van der Waals surface area (Å²) in [5.41, 5.74) is 4.00. The molecule has 1 aromatic carbocycles. The smallest absolute Gasteiger partial charge is 0.257 e. The van der Waals surface area contributed by atoms with Crippen LogP contribution in [-0.4, -0.2) is 59.3 Å². The second-order valence-corrected chi connectivity index (χ2v) is 11.3. The number of furan rings is 1. The summed E-state index contributed by atoms with van der Waals surface area (Å²) in [4.78, 5) is 23.1. The Balaban J connectivity index is 1.31. The summed E-state index contributed by atoms with van der Waals surface area (Å²) >= 11 is 3.28. The van der Waals surface area contributed by atoms with Gasteiger partial charge >= 0.3 is 0 Å². The Kier molecular flexibility index (Phi) is 8.54. The van der Waals surface area contributed by atoms with Gasteiger partial charge in [-0.05, 0) is 88.1 Å². The average Bonchev–Trinajstić information content (AvgIpc) is 3.59. The zero-order valence-electron chi connectivity index (χ0n) is 21.2. The molecule has 0 N–H and O–H groups in total. The number of aromatic nitrogens is 1. The molecule has 3 aromatic rings. The zero-order valence-corrected chi connectivity index (χ0v) is 22.8. The predicted molar refractivity (Wildman–Crippen MR) is 141 cm³/mol. The van der Waals surface area contributed by atoms with Gasteiger partial charge in [0, 0.05) is 23.9 Å². The monoisotopic (exact) mass is 514 g/mol. The van der Waals surface area contributed by atoms with Crippen molar-refractivity contribution in [1.29, 1.82) is 0 Å².